The van der Waals surface area contributed by atoms with Gasteiger partial charge in [-0.2, -0.15) is 0 Å². The van der Waals surface area contributed by atoms with Crippen LogP contribution in [0.25, 0.3) is 0 Å². The van der Waals surface area contributed by atoms with E-state index in [1.54, 1.807) is 36.4 Å². The molecule has 9 heteroatoms. The van der Waals surface area contributed by atoms with Crippen molar-refractivity contribution >= 4 is 52.3 Å². The third-order valence-electron chi connectivity index (χ3n) is 8.22. The van der Waals surface area contributed by atoms with Crippen molar-refractivity contribution in [1.82, 2.24) is 5.32 Å². The van der Waals surface area contributed by atoms with Gasteiger partial charge >= 0.3 is 0 Å². The predicted molar refractivity (Wildman–Crippen MR) is 152 cm³/mol. The Bertz CT molecular complexity index is 1460. The summed E-state index contributed by atoms with van der Waals surface area (Å²) in [6, 6.07) is 17.2. The monoisotopic (exact) mass is 584 g/mol. The van der Waals surface area contributed by atoms with Crippen molar-refractivity contribution in [1.29, 1.82) is 0 Å². The average molecular weight is 586 g/mol. The molecule has 3 aromatic rings. The Hall–Kier alpha value is -2.77. The van der Waals surface area contributed by atoms with Crippen molar-refractivity contribution in [3.63, 3.8) is 0 Å². The summed E-state index contributed by atoms with van der Waals surface area (Å²) in [6.45, 7) is 0. The number of carbonyl (C=O) groups is 2. The Morgan fingerprint density at radius 3 is 2.36 bits per heavy atom. The number of hydrogen-bond donors (Lipinski definition) is 3. The maximum atomic E-state index is 14.3. The molecule has 0 aromatic heterocycles. The molecule has 2 fully saturated rings. The molecule has 3 aromatic carbocycles. The number of halogens is 3. The summed E-state index contributed by atoms with van der Waals surface area (Å²) in [7, 11) is 0. The van der Waals surface area contributed by atoms with E-state index in [1.165, 1.54) is 0 Å². The van der Waals surface area contributed by atoms with Crippen molar-refractivity contribution < 1.29 is 19.4 Å². The highest BCUT2D eigenvalue weighted by atomic mass is 35.5. The lowest BCUT2D eigenvalue weighted by Crippen LogP contribution is -2.57. The Kier molecular flexibility index (Phi) is 7.00. The summed E-state index contributed by atoms with van der Waals surface area (Å²) >= 11 is 19.2. The van der Waals surface area contributed by atoms with Gasteiger partial charge in [-0.15, -0.1) is 0 Å². The van der Waals surface area contributed by atoms with Crippen molar-refractivity contribution in [2.45, 2.75) is 61.7 Å². The molecule has 1 saturated carbocycles. The topological polar surface area (TPSA) is 87.7 Å². The SMILES string of the molecule is O=C1C[C@@H](c2cccc(Cl)c2)[C@]2(C(=O)Nc3cc(Cl)ccc32)[C@@H](c2cc(Cl)ccc2OC2CCC(O)CC2)N1. The number of hydrogen-bond acceptors (Lipinski definition) is 4. The van der Waals surface area contributed by atoms with E-state index in [9.17, 15) is 14.7 Å². The molecule has 0 radical (unpaired) electrons. The summed E-state index contributed by atoms with van der Waals surface area (Å²) < 4.78 is 6.49. The summed E-state index contributed by atoms with van der Waals surface area (Å²) in [4.78, 5) is 27.6. The van der Waals surface area contributed by atoms with E-state index in [0.717, 1.165) is 11.1 Å². The van der Waals surface area contributed by atoms with E-state index in [1.807, 2.05) is 24.3 Å². The predicted octanol–water partition coefficient (Wildman–Crippen LogP) is 6.56. The Balaban J connectivity index is 1.55. The van der Waals surface area contributed by atoms with Crippen LogP contribution in [0.5, 0.6) is 5.75 Å². The first kappa shape index (κ1) is 26.5. The van der Waals surface area contributed by atoms with Crippen LogP contribution in [0.3, 0.4) is 0 Å². The van der Waals surface area contributed by atoms with E-state index in [4.69, 9.17) is 39.5 Å². The molecule has 6 nitrogen and oxygen atoms in total. The molecule has 1 spiro atoms. The number of carbonyl (C=O) groups excluding carboxylic acids is 2. The minimum Gasteiger partial charge on any atom is -0.490 e. The molecule has 6 rings (SSSR count). The van der Waals surface area contributed by atoms with Crippen LogP contribution >= 0.6 is 34.8 Å². The van der Waals surface area contributed by atoms with Crippen molar-refractivity contribution in [2.24, 2.45) is 0 Å². The third-order valence-corrected chi connectivity index (χ3v) is 8.93. The molecule has 2 amide bonds. The van der Waals surface area contributed by atoms with Crippen LogP contribution in [0.15, 0.2) is 60.7 Å². The fraction of sp³-hybridized carbons (Fsp3) is 0.333. The second-order valence-corrected chi connectivity index (χ2v) is 11.9. The Morgan fingerprint density at radius 2 is 1.59 bits per heavy atom. The second kappa shape index (κ2) is 10.3. The molecule has 3 atom stereocenters. The fourth-order valence-corrected chi connectivity index (χ4v) is 7.02. The second-order valence-electron chi connectivity index (χ2n) is 10.6. The van der Waals surface area contributed by atoms with Gasteiger partial charge < -0.3 is 20.5 Å². The number of ether oxygens (including phenoxy) is 1. The van der Waals surface area contributed by atoms with Gasteiger partial charge in [-0.3, -0.25) is 9.59 Å². The number of benzene rings is 3. The molecular weight excluding hydrogens is 559 g/mol. The average Bonchev–Trinajstić information content (AvgIpc) is 3.18. The maximum Gasteiger partial charge on any atom is 0.238 e. The van der Waals surface area contributed by atoms with Gasteiger partial charge in [-0.25, -0.2) is 0 Å². The standard InChI is InChI=1S/C30H27Cl3N2O4/c31-17-3-1-2-16(12-17)24-15-27(37)35-28(30(24)23-10-4-19(33)14-25(23)34-29(30)38)22-13-18(32)5-11-26(22)39-21-8-6-20(36)7-9-21/h1-5,10-14,20-21,24,28,36H,6-9,15H2,(H,34,38)(H,35,37)/t20?,21?,24-,28+,30-/m0/s1. The highest BCUT2D eigenvalue weighted by Crippen LogP contribution is 2.58. The first-order valence-electron chi connectivity index (χ1n) is 13.1. The van der Waals surface area contributed by atoms with Crippen LogP contribution in [-0.4, -0.2) is 29.1 Å². The van der Waals surface area contributed by atoms with E-state index < -0.39 is 17.4 Å². The fourth-order valence-electron chi connectivity index (χ4n) is 6.46. The maximum absolute atomic E-state index is 14.3. The van der Waals surface area contributed by atoms with Crippen LogP contribution in [0.1, 0.15) is 60.8 Å². The molecular formula is C30H27Cl3N2O4. The molecule has 0 unspecified atom stereocenters. The third kappa shape index (κ3) is 4.67. The van der Waals surface area contributed by atoms with E-state index in [0.29, 0.717) is 57.8 Å². The van der Waals surface area contributed by atoms with Crippen molar-refractivity contribution in [2.75, 3.05) is 5.32 Å². The zero-order chi connectivity index (χ0) is 27.3. The Labute approximate surface area is 241 Å². The first-order chi connectivity index (χ1) is 18.8. The highest BCUT2D eigenvalue weighted by molar-refractivity contribution is 6.31. The molecule has 3 aliphatic rings. The molecule has 2 aliphatic heterocycles. The van der Waals surface area contributed by atoms with Crippen molar-refractivity contribution in [3.05, 3.63) is 92.4 Å². The van der Waals surface area contributed by atoms with Gasteiger partial charge in [0.15, 0.2) is 0 Å². The van der Waals surface area contributed by atoms with Crippen LogP contribution in [-0.2, 0) is 15.0 Å². The highest BCUT2D eigenvalue weighted by Gasteiger charge is 2.61. The number of aliphatic hydroxyl groups excluding tert-OH is 1. The summed E-state index contributed by atoms with van der Waals surface area (Å²) in [5, 5.41) is 17.6. The van der Waals surface area contributed by atoms with E-state index >= 15 is 0 Å². The molecule has 39 heavy (non-hydrogen) atoms. The molecule has 1 aliphatic carbocycles. The largest absolute Gasteiger partial charge is 0.490 e. The lowest BCUT2D eigenvalue weighted by molar-refractivity contribution is -0.131. The van der Waals surface area contributed by atoms with E-state index in [2.05, 4.69) is 10.6 Å². The number of rotatable bonds is 4. The molecule has 202 valence electrons. The van der Waals surface area contributed by atoms with Crippen LogP contribution < -0.4 is 15.4 Å². The minimum absolute atomic E-state index is 0.0869. The van der Waals surface area contributed by atoms with Gasteiger partial charge in [0.05, 0.1) is 18.2 Å². The minimum atomic E-state index is -1.23. The zero-order valence-electron chi connectivity index (χ0n) is 20.9. The van der Waals surface area contributed by atoms with Crippen LogP contribution in [0, 0.1) is 0 Å². The van der Waals surface area contributed by atoms with Gasteiger partial charge in [-0.1, -0.05) is 53.0 Å². The number of fused-ring (bicyclic) bond motifs is 2. The van der Waals surface area contributed by atoms with Gasteiger partial charge in [0.25, 0.3) is 0 Å². The summed E-state index contributed by atoms with van der Waals surface area (Å²) in [6.07, 6.45) is 2.39. The number of piperidine rings is 1. The van der Waals surface area contributed by atoms with Gasteiger partial charge in [0, 0.05) is 38.7 Å². The number of anilines is 1. The number of amides is 2. The molecule has 0 bridgehead atoms. The van der Waals surface area contributed by atoms with Gasteiger partial charge in [0.2, 0.25) is 11.8 Å². The number of nitrogens with one attached hydrogen (secondary N) is 2. The lowest BCUT2D eigenvalue weighted by Gasteiger charge is -2.46. The van der Waals surface area contributed by atoms with Gasteiger partial charge in [-0.05, 0) is 79.3 Å². The smallest absolute Gasteiger partial charge is 0.238 e. The summed E-state index contributed by atoms with van der Waals surface area (Å²) in [5.41, 5.74) is 1.51. The quantitative estimate of drug-likeness (QED) is 0.323. The van der Waals surface area contributed by atoms with E-state index in [-0.39, 0.29) is 30.4 Å². The zero-order valence-corrected chi connectivity index (χ0v) is 23.2. The lowest BCUT2D eigenvalue weighted by atomic mass is 9.59. The molecule has 3 N–H and O–H groups in total. The molecule has 1 saturated heterocycles. The normalized spacial score (nSPS) is 28.1. The van der Waals surface area contributed by atoms with Crippen LogP contribution in [0.4, 0.5) is 5.69 Å². The Morgan fingerprint density at radius 1 is 0.872 bits per heavy atom. The van der Waals surface area contributed by atoms with Crippen molar-refractivity contribution in [3.8, 4) is 5.75 Å². The molecule has 2 heterocycles. The number of aliphatic hydroxyl groups is 1. The van der Waals surface area contributed by atoms with Gasteiger partial charge in [0.1, 0.15) is 11.2 Å². The first-order valence-corrected chi connectivity index (χ1v) is 14.2. The summed E-state index contributed by atoms with van der Waals surface area (Å²) in [5.74, 6) is -0.430. The van der Waals surface area contributed by atoms with Crippen LogP contribution in [0.2, 0.25) is 15.1 Å².